The molecular formula is C20H18BrFN2OS. The lowest BCUT2D eigenvalue weighted by Crippen LogP contribution is -2.17. The van der Waals surface area contributed by atoms with Crippen LogP contribution in [0, 0.1) is 5.82 Å². The molecule has 0 saturated heterocycles. The first-order valence-electron chi connectivity index (χ1n) is 8.36. The molecule has 0 unspecified atom stereocenters. The van der Waals surface area contributed by atoms with E-state index < -0.39 is 0 Å². The predicted molar refractivity (Wildman–Crippen MR) is 107 cm³/mol. The monoisotopic (exact) mass is 432 g/mol. The molecule has 0 saturated carbocycles. The fourth-order valence-corrected chi connectivity index (χ4v) is 4.32. The first kappa shape index (κ1) is 18.7. The first-order valence-corrected chi connectivity index (χ1v) is 9.97. The van der Waals surface area contributed by atoms with Crippen LogP contribution in [0.25, 0.3) is 11.3 Å². The minimum absolute atomic E-state index is 0.264. The van der Waals surface area contributed by atoms with E-state index in [9.17, 15) is 9.18 Å². The number of hydrogen-bond acceptors (Lipinski definition) is 2. The largest absolute Gasteiger partial charge is 0.316 e. The molecule has 1 aromatic heterocycles. The summed E-state index contributed by atoms with van der Waals surface area (Å²) in [7, 11) is 0. The highest BCUT2D eigenvalue weighted by molar-refractivity contribution is 9.10. The molecule has 0 aliphatic rings. The Morgan fingerprint density at radius 2 is 1.92 bits per heavy atom. The smallest absolute Gasteiger partial charge is 0.279 e. The van der Waals surface area contributed by atoms with E-state index in [0.717, 1.165) is 27.0 Å². The summed E-state index contributed by atoms with van der Waals surface area (Å²) in [6, 6.07) is 13.6. The van der Waals surface area contributed by atoms with Crippen LogP contribution >= 0.6 is 27.3 Å². The molecule has 0 aliphatic carbocycles. The number of benzene rings is 2. The molecule has 3 nitrogen and oxygen atoms in total. The summed E-state index contributed by atoms with van der Waals surface area (Å²) in [5.41, 5.74) is 2.47. The highest BCUT2D eigenvalue weighted by Gasteiger charge is 2.15. The molecule has 0 atom stereocenters. The molecule has 3 aromatic rings. The van der Waals surface area contributed by atoms with Crippen molar-refractivity contribution < 1.29 is 9.18 Å². The summed E-state index contributed by atoms with van der Waals surface area (Å²) in [4.78, 5) is 18.7. The molecule has 1 heterocycles. The fourth-order valence-electron chi connectivity index (χ4n) is 2.77. The summed E-state index contributed by atoms with van der Waals surface area (Å²) in [6.07, 6.45) is 0.817. The van der Waals surface area contributed by atoms with Crippen molar-refractivity contribution in [1.29, 1.82) is 0 Å². The van der Waals surface area contributed by atoms with Crippen LogP contribution in [0.15, 0.2) is 58.0 Å². The third kappa shape index (κ3) is 3.86. The summed E-state index contributed by atoms with van der Waals surface area (Å²) >= 11 is 4.89. The van der Waals surface area contributed by atoms with Crippen molar-refractivity contribution in [3.63, 3.8) is 0 Å². The lowest BCUT2D eigenvalue weighted by atomic mass is 10.1. The normalized spacial score (nSPS) is 11.8. The van der Waals surface area contributed by atoms with Gasteiger partial charge in [0.2, 0.25) is 0 Å². The van der Waals surface area contributed by atoms with Gasteiger partial charge in [-0.05, 0) is 61.4 Å². The molecule has 0 N–H and O–H groups in total. The highest BCUT2D eigenvalue weighted by atomic mass is 79.9. The molecular weight excluding hydrogens is 415 g/mol. The third-order valence-corrected chi connectivity index (χ3v) is 5.72. The van der Waals surface area contributed by atoms with Crippen LogP contribution in [0.1, 0.15) is 29.1 Å². The van der Waals surface area contributed by atoms with Crippen molar-refractivity contribution in [3.8, 4) is 11.3 Å². The van der Waals surface area contributed by atoms with Gasteiger partial charge < -0.3 is 4.57 Å². The second-order valence-corrected chi connectivity index (χ2v) is 7.67. The maximum absolute atomic E-state index is 13.3. The number of aryl methyl sites for hydroxylation is 1. The van der Waals surface area contributed by atoms with Gasteiger partial charge in [0.05, 0.1) is 5.69 Å². The van der Waals surface area contributed by atoms with Crippen LogP contribution in [-0.2, 0) is 13.0 Å². The molecule has 1 amide bonds. The number of carbonyl (C=O) groups is 1. The van der Waals surface area contributed by atoms with E-state index in [4.69, 9.17) is 0 Å². The number of aromatic nitrogens is 1. The number of nitrogens with zero attached hydrogens (tertiary/aromatic N) is 2. The van der Waals surface area contributed by atoms with E-state index in [1.165, 1.54) is 23.5 Å². The zero-order valence-electron chi connectivity index (χ0n) is 14.5. The van der Waals surface area contributed by atoms with Gasteiger partial charge in [-0.25, -0.2) is 4.39 Å². The Morgan fingerprint density at radius 3 is 2.54 bits per heavy atom. The van der Waals surface area contributed by atoms with E-state index in [1.807, 2.05) is 23.6 Å². The summed E-state index contributed by atoms with van der Waals surface area (Å²) in [6.45, 7) is 4.76. The summed E-state index contributed by atoms with van der Waals surface area (Å²) in [5, 5.41) is 0. The van der Waals surface area contributed by atoms with Gasteiger partial charge in [0.25, 0.3) is 5.91 Å². The van der Waals surface area contributed by atoms with Crippen molar-refractivity contribution in [3.05, 3.63) is 74.1 Å². The van der Waals surface area contributed by atoms with Gasteiger partial charge in [-0.1, -0.05) is 28.9 Å². The van der Waals surface area contributed by atoms with Gasteiger partial charge in [-0.3, -0.25) is 4.79 Å². The third-order valence-electron chi connectivity index (χ3n) is 4.00. The van der Waals surface area contributed by atoms with E-state index in [-0.39, 0.29) is 11.7 Å². The zero-order valence-corrected chi connectivity index (χ0v) is 16.9. The average molecular weight is 433 g/mol. The number of thiazole rings is 1. The van der Waals surface area contributed by atoms with Crippen LogP contribution in [-0.4, -0.2) is 10.5 Å². The number of halogens is 2. The molecule has 2 aromatic carbocycles. The first-order chi connectivity index (χ1) is 12.5. The van der Waals surface area contributed by atoms with E-state index in [2.05, 4.69) is 27.8 Å². The molecule has 134 valence electrons. The number of hydrogen-bond donors (Lipinski definition) is 0. The van der Waals surface area contributed by atoms with Gasteiger partial charge in [0.1, 0.15) is 5.82 Å². The average Bonchev–Trinajstić information content (AvgIpc) is 2.99. The molecule has 3 rings (SSSR count). The lowest BCUT2D eigenvalue weighted by molar-refractivity contribution is 0.0997. The Bertz CT molecular complexity index is 1010. The van der Waals surface area contributed by atoms with E-state index in [1.54, 1.807) is 24.3 Å². The molecule has 0 radical (unpaired) electrons. The molecule has 0 aliphatic heterocycles. The zero-order chi connectivity index (χ0) is 18.7. The highest BCUT2D eigenvalue weighted by Crippen LogP contribution is 2.27. The Hall–Kier alpha value is -2.05. The summed E-state index contributed by atoms with van der Waals surface area (Å²) in [5.74, 6) is -0.539. The van der Waals surface area contributed by atoms with Crippen LogP contribution in [0.4, 0.5) is 4.39 Å². The quantitative estimate of drug-likeness (QED) is 0.540. The SMILES string of the molecule is CCc1sc(=NC(=O)c2cccc(Br)c2)n(CC)c1-c1ccc(F)cc1. The van der Waals surface area contributed by atoms with Crippen molar-refractivity contribution in [2.24, 2.45) is 4.99 Å². The van der Waals surface area contributed by atoms with Gasteiger partial charge in [-0.15, -0.1) is 11.3 Å². The minimum atomic E-state index is -0.275. The Morgan fingerprint density at radius 1 is 1.19 bits per heavy atom. The molecule has 6 heteroatoms. The van der Waals surface area contributed by atoms with Gasteiger partial charge in [0.15, 0.2) is 4.80 Å². The predicted octanol–water partition coefficient (Wildman–Crippen LogP) is 5.44. The molecule has 0 fully saturated rings. The number of amides is 1. The second kappa shape index (κ2) is 8.10. The summed E-state index contributed by atoms with van der Waals surface area (Å²) < 4.78 is 16.2. The van der Waals surface area contributed by atoms with Crippen LogP contribution in [0.3, 0.4) is 0 Å². The van der Waals surface area contributed by atoms with Crippen molar-refractivity contribution >= 4 is 33.2 Å². The lowest BCUT2D eigenvalue weighted by Gasteiger charge is -2.08. The minimum Gasteiger partial charge on any atom is -0.316 e. The maximum Gasteiger partial charge on any atom is 0.279 e. The Kier molecular flexibility index (Phi) is 5.84. The van der Waals surface area contributed by atoms with Crippen molar-refractivity contribution in [1.82, 2.24) is 4.57 Å². The Labute approximate surface area is 164 Å². The second-order valence-electron chi connectivity index (χ2n) is 5.69. The standard InChI is InChI=1S/C20H18BrFN2OS/c1-3-17-18(13-8-10-16(22)11-9-13)24(4-2)20(26-17)23-19(25)14-6-5-7-15(21)12-14/h5-12H,3-4H2,1-2H3. The maximum atomic E-state index is 13.3. The van der Waals surface area contributed by atoms with Crippen LogP contribution in [0.5, 0.6) is 0 Å². The van der Waals surface area contributed by atoms with E-state index >= 15 is 0 Å². The van der Waals surface area contributed by atoms with Crippen LogP contribution < -0.4 is 4.80 Å². The number of carbonyl (C=O) groups excluding carboxylic acids is 1. The van der Waals surface area contributed by atoms with Crippen LogP contribution in [0.2, 0.25) is 0 Å². The number of rotatable bonds is 4. The Balaban J connectivity index is 2.13. The van der Waals surface area contributed by atoms with Crippen molar-refractivity contribution in [2.45, 2.75) is 26.8 Å². The van der Waals surface area contributed by atoms with Gasteiger partial charge in [0, 0.05) is 21.5 Å². The van der Waals surface area contributed by atoms with Gasteiger partial charge in [-0.2, -0.15) is 4.99 Å². The van der Waals surface area contributed by atoms with E-state index in [0.29, 0.717) is 16.9 Å². The molecule has 0 bridgehead atoms. The molecule has 26 heavy (non-hydrogen) atoms. The van der Waals surface area contributed by atoms with Crippen molar-refractivity contribution in [2.75, 3.05) is 0 Å². The molecule has 0 spiro atoms. The van der Waals surface area contributed by atoms with Gasteiger partial charge >= 0.3 is 0 Å². The topological polar surface area (TPSA) is 34.4 Å². The fraction of sp³-hybridized carbons (Fsp3) is 0.200.